The van der Waals surface area contributed by atoms with E-state index in [-0.39, 0.29) is 12.2 Å². The maximum Gasteiger partial charge on any atom is 0.335 e. The summed E-state index contributed by atoms with van der Waals surface area (Å²) in [6.07, 6.45) is 1.54. The Morgan fingerprint density at radius 3 is 2.62 bits per heavy atom. The van der Waals surface area contributed by atoms with Gasteiger partial charge in [-0.3, -0.25) is 0 Å². The van der Waals surface area contributed by atoms with Crippen molar-refractivity contribution >= 4 is 39.4 Å². The monoisotopic (exact) mass is 418 g/mol. The summed E-state index contributed by atoms with van der Waals surface area (Å²) in [4.78, 5) is 11.2. The minimum absolute atomic E-state index is 0.0182. The van der Waals surface area contributed by atoms with Gasteiger partial charge in [-0.25, -0.2) is 4.79 Å². The van der Waals surface area contributed by atoms with Crippen molar-refractivity contribution in [2.24, 2.45) is 10.2 Å². The quantitative estimate of drug-likeness (QED) is 0.707. The molecule has 26 heavy (non-hydrogen) atoms. The molecule has 0 fully saturated rings. The number of aliphatic carboxylic acids is 1. The summed E-state index contributed by atoms with van der Waals surface area (Å²) in [6.45, 7) is -0.0182. The van der Waals surface area contributed by atoms with Crippen LogP contribution in [0.5, 0.6) is 17.2 Å². The second-order valence-electron chi connectivity index (χ2n) is 5.35. The fourth-order valence-corrected chi connectivity index (χ4v) is 2.77. The lowest BCUT2D eigenvalue weighted by Gasteiger charge is -2.18. The van der Waals surface area contributed by atoms with Gasteiger partial charge in [-0.15, -0.1) is 5.11 Å². The first-order valence-electron chi connectivity index (χ1n) is 7.56. The third kappa shape index (κ3) is 3.70. The zero-order valence-electron chi connectivity index (χ0n) is 14.0. The summed E-state index contributed by atoms with van der Waals surface area (Å²) in [5.74, 6) is 0.489. The number of hydrogen-bond acceptors (Lipinski definition) is 6. The molecule has 0 spiro atoms. The van der Waals surface area contributed by atoms with E-state index in [4.69, 9.17) is 19.3 Å². The minimum Gasteiger partial charge on any atom is -0.494 e. The van der Waals surface area contributed by atoms with Crippen LogP contribution in [-0.2, 0) is 4.79 Å². The van der Waals surface area contributed by atoms with E-state index < -0.39 is 5.97 Å². The van der Waals surface area contributed by atoms with Crippen LogP contribution in [0.15, 0.2) is 50.6 Å². The molecule has 134 valence electrons. The van der Waals surface area contributed by atoms with Gasteiger partial charge in [0.15, 0.2) is 11.5 Å². The molecule has 1 N–H and O–H groups in total. The Morgan fingerprint density at radius 2 is 1.92 bits per heavy atom. The zero-order chi connectivity index (χ0) is 18.7. The van der Waals surface area contributed by atoms with Crippen LogP contribution < -0.4 is 14.2 Å². The highest BCUT2D eigenvalue weighted by Gasteiger charge is 2.20. The first-order valence-corrected chi connectivity index (χ1v) is 8.35. The van der Waals surface area contributed by atoms with Gasteiger partial charge < -0.3 is 19.3 Å². The molecule has 7 nitrogen and oxygen atoms in total. The summed E-state index contributed by atoms with van der Waals surface area (Å²) >= 11 is 3.37. The van der Waals surface area contributed by atoms with E-state index in [1.165, 1.54) is 7.11 Å². The van der Waals surface area contributed by atoms with E-state index in [0.29, 0.717) is 34.2 Å². The minimum atomic E-state index is -1.03. The normalized spacial score (nSPS) is 13.0. The highest BCUT2D eigenvalue weighted by Crippen LogP contribution is 2.40. The number of ether oxygens (including phenoxy) is 3. The Morgan fingerprint density at radius 1 is 1.15 bits per heavy atom. The second-order valence-corrected chi connectivity index (χ2v) is 6.26. The van der Waals surface area contributed by atoms with Crippen LogP contribution in [0.1, 0.15) is 5.56 Å². The predicted octanol–water partition coefficient (Wildman–Crippen LogP) is 4.74. The van der Waals surface area contributed by atoms with Crippen molar-refractivity contribution in [2.75, 3.05) is 20.8 Å². The Kier molecular flexibility index (Phi) is 5.22. The maximum atomic E-state index is 11.2. The molecule has 1 heterocycles. The molecule has 1 aliphatic rings. The number of fused-ring (bicyclic) bond motifs is 1. The molecule has 8 heteroatoms. The van der Waals surface area contributed by atoms with Crippen LogP contribution in [0.4, 0.5) is 11.4 Å². The standard InChI is InChI=1S/C18H15BrN2O5/c1-24-15-7-12(19)3-4-14(15)21-20-13-6-10-5-11(18(22)23)9-26-17(10)16(8-13)25-2/h3-8H,9H2,1-2H3,(H,22,23). The molecular formula is C18H15BrN2O5. The lowest BCUT2D eigenvalue weighted by Crippen LogP contribution is -2.14. The highest BCUT2D eigenvalue weighted by molar-refractivity contribution is 9.10. The Hall–Kier alpha value is -2.87. The number of carbonyl (C=O) groups is 1. The molecule has 0 atom stereocenters. The van der Waals surface area contributed by atoms with E-state index in [1.807, 2.05) is 6.07 Å². The van der Waals surface area contributed by atoms with Gasteiger partial charge in [0.05, 0.1) is 25.5 Å². The van der Waals surface area contributed by atoms with Crippen LogP contribution in [-0.4, -0.2) is 31.9 Å². The smallest absolute Gasteiger partial charge is 0.335 e. The average Bonchev–Trinajstić information content (AvgIpc) is 2.65. The van der Waals surface area contributed by atoms with E-state index in [1.54, 1.807) is 37.5 Å². The van der Waals surface area contributed by atoms with Crippen LogP contribution in [0.3, 0.4) is 0 Å². The van der Waals surface area contributed by atoms with E-state index in [0.717, 1.165) is 4.47 Å². The lowest BCUT2D eigenvalue weighted by atomic mass is 10.1. The van der Waals surface area contributed by atoms with E-state index in [2.05, 4.69) is 26.2 Å². The number of carboxylic acid groups (broad SMARTS) is 1. The summed E-state index contributed by atoms with van der Waals surface area (Å²) < 4.78 is 17.0. The summed E-state index contributed by atoms with van der Waals surface area (Å²) in [6, 6.07) is 8.76. The molecule has 0 unspecified atom stereocenters. The highest BCUT2D eigenvalue weighted by atomic mass is 79.9. The fourth-order valence-electron chi connectivity index (χ4n) is 2.43. The Labute approximate surface area is 158 Å². The lowest BCUT2D eigenvalue weighted by molar-refractivity contribution is -0.132. The van der Waals surface area contributed by atoms with Crippen LogP contribution in [0.2, 0.25) is 0 Å². The van der Waals surface area contributed by atoms with Gasteiger partial charge in [-0.05, 0) is 30.3 Å². The van der Waals surface area contributed by atoms with Gasteiger partial charge in [-0.1, -0.05) is 15.9 Å². The molecule has 0 bridgehead atoms. The van der Waals surface area contributed by atoms with Crippen molar-refractivity contribution in [1.82, 2.24) is 0 Å². The third-order valence-corrected chi connectivity index (χ3v) is 4.17. The van der Waals surface area contributed by atoms with Gasteiger partial charge in [0.2, 0.25) is 0 Å². The molecule has 0 amide bonds. The molecule has 0 saturated heterocycles. The first kappa shape index (κ1) is 17.9. The number of azo groups is 1. The van der Waals surface area contributed by atoms with Crippen molar-refractivity contribution in [2.45, 2.75) is 0 Å². The maximum absolute atomic E-state index is 11.2. The van der Waals surface area contributed by atoms with Crippen molar-refractivity contribution in [1.29, 1.82) is 0 Å². The molecule has 2 aromatic rings. The Bertz CT molecular complexity index is 924. The van der Waals surface area contributed by atoms with Gasteiger partial charge in [-0.2, -0.15) is 5.11 Å². The number of benzene rings is 2. The molecule has 3 rings (SSSR count). The first-order chi connectivity index (χ1) is 12.5. The van der Waals surface area contributed by atoms with Crippen molar-refractivity contribution in [3.63, 3.8) is 0 Å². The number of carboxylic acids is 1. The molecule has 0 aromatic heterocycles. The van der Waals surface area contributed by atoms with Crippen molar-refractivity contribution < 1.29 is 24.1 Å². The number of hydrogen-bond donors (Lipinski definition) is 1. The van der Waals surface area contributed by atoms with Gasteiger partial charge in [0.1, 0.15) is 18.0 Å². The average molecular weight is 419 g/mol. The molecular weight excluding hydrogens is 404 g/mol. The number of rotatable bonds is 5. The van der Waals surface area contributed by atoms with Crippen molar-refractivity contribution in [3.8, 4) is 17.2 Å². The molecule has 0 aliphatic carbocycles. The molecule has 1 aliphatic heterocycles. The number of halogens is 1. The van der Waals surface area contributed by atoms with Crippen LogP contribution in [0, 0.1) is 0 Å². The summed E-state index contributed by atoms with van der Waals surface area (Å²) in [7, 11) is 3.06. The van der Waals surface area contributed by atoms with E-state index in [9.17, 15) is 4.79 Å². The molecule has 0 radical (unpaired) electrons. The number of methoxy groups -OCH3 is 2. The van der Waals surface area contributed by atoms with Crippen LogP contribution >= 0.6 is 15.9 Å². The topological polar surface area (TPSA) is 89.7 Å². The summed E-state index contributed by atoms with van der Waals surface area (Å²) in [5, 5.41) is 17.6. The Balaban J connectivity index is 2.00. The molecule has 2 aromatic carbocycles. The number of nitrogens with zero attached hydrogens (tertiary/aromatic N) is 2. The fraction of sp³-hybridized carbons (Fsp3) is 0.167. The van der Waals surface area contributed by atoms with Gasteiger partial charge >= 0.3 is 5.97 Å². The molecule has 0 saturated carbocycles. The summed E-state index contributed by atoms with van der Waals surface area (Å²) in [5.41, 5.74) is 1.79. The van der Waals surface area contributed by atoms with Crippen molar-refractivity contribution in [3.05, 3.63) is 45.9 Å². The predicted molar refractivity (Wildman–Crippen MR) is 99.0 cm³/mol. The van der Waals surface area contributed by atoms with E-state index >= 15 is 0 Å². The zero-order valence-corrected chi connectivity index (χ0v) is 15.6. The SMILES string of the molecule is COc1cc(Br)ccc1N=Nc1cc2c(c(OC)c1)OCC(C(=O)O)=C2. The third-order valence-electron chi connectivity index (χ3n) is 3.68. The van der Waals surface area contributed by atoms with Gasteiger partial charge in [0.25, 0.3) is 0 Å². The van der Waals surface area contributed by atoms with Crippen LogP contribution in [0.25, 0.3) is 6.08 Å². The van der Waals surface area contributed by atoms with Gasteiger partial charge in [0, 0.05) is 16.1 Å². The second kappa shape index (κ2) is 7.57. The largest absolute Gasteiger partial charge is 0.494 e.